The monoisotopic (exact) mass is 345 g/mol. The van der Waals surface area contributed by atoms with E-state index < -0.39 is 0 Å². The standard InChI is InChI=1S/C18H35NO5/c1-18(2,3)24-17-15-11-19(12-16(17)14-23-13-15)5-6-21-9-10-22-8-7-20-4/h15-17H,5-14H2,1-4H3. The van der Waals surface area contributed by atoms with Gasteiger partial charge in [-0.05, 0) is 20.8 Å². The predicted octanol–water partition coefficient (Wildman–Crippen LogP) is 1.43. The Hall–Kier alpha value is -0.240. The zero-order valence-corrected chi connectivity index (χ0v) is 15.8. The maximum absolute atomic E-state index is 6.32. The summed E-state index contributed by atoms with van der Waals surface area (Å²) in [6, 6.07) is 0. The van der Waals surface area contributed by atoms with Crippen molar-refractivity contribution < 1.29 is 23.7 Å². The summed E-state index contributed by atoms with van der Waals surface area (Å²) in [4.78, 5) is 2.49. The van der Waals surface area contributed by atoms with E-state index in [0.717, 1.165) is 39.5 Å². The Morgan fingerprint density at radius 1 is 0.917 bits per heavy atom. The van der Waals surface area contributed by atoms with Gasteiger partial charge in [-0.15, -0.1) is 0 Å². The van der Waals surface area contributed by atoms with E-state index in [9.17, 15) is 0 Å². The van der Waals surface area contributed by atoms with E-state index in [-0.39, 0.29) is 5.60 Å². The van der Waals surface area contributed by atoms with E-state index in [1.165, 1.54) is 0 Å². The highest BCUT2D eigenvalue weighted by molar-refractivity contribution is 4.91. The molecule has 0 radical (unpaired) electrons. The fourth-order valence-electron chi connectivity index (χ4n) is 3.44. The molecular formula is C18H35NO5. The smallest absolute Gasteiger partial charge is 0.0707 e. The second-order valence-corrected chi connectivity index (χ2v) is 7.73. The van der Waals surface area contributed by atoms with Gasteiger partial charge in [0.15, 0.2) is 0 Å². The molecule has 24 heavy (non-hydrogen) atoms. The average molecular weight is 345 g/mol. The van der Waals surface area contributed by atoms with Crippen molar-refractivity contribution in [3.05, 3.63) is 0 Å². The molecule has 2 rings (SSSR count). The number of likely N-dealkylation sites (tertiary alicyclic amines) is 1. The van der Waals surface area contributed by atoms with Crippen molar-refractivity contribution in [1.29, 1.82) is 0 Å². The van der Waals surface area contributed by atoms with Crippen LogP contribution in [0.1, 0.15) is 20.8 Å². The number of rotatable bonds is 10. The summed E-state index contributed by atoms with van der Waals surface area (Å²) in [5, 5.41) is 0. The quantitative estimate of drug-likeness (QED) is 0.558. The van der Waals surface area contributed by atoms with Crippen molar-refractivity contribution in [3.8, 4) is 0 Å². The van der Waals surface area contributed by atoms with Crippen LogP contribution >= 0.6 is 0 Å². The van der Waals surface area contributed by atoms with Crippen LogP contribution in [0.5, 0.6) is 0 Å². The highest BCUT2D eigenvalue weighted by Crippen LogP contribution is 2.32. The average Bonchev–Trinajstić information content (AvgIpc) is 2.49. The van der Waals surface area contributed by atoms with Crippen LogP contribution in [0.15, 0.2) is 0 Å². The lowest BCUT2D eigenvalue weighted by atomic mass is 9.84. The Morgan fingerprint density at radius 2 is 1.50 bits per heavy atom. The summed E-state index contributed by atoms with van der Waals surface area (Å²) in [6.45, 7) is 14.3. The third-order valence-corrected chi connectivity index (χ3v) is 4.42. The minimum absolute atomic E-state index is 0.0907. The summed E-state index contributed by atoms with van der Waals surface area (Å²) >= 11 is 0. The third-order valence-electron chi connectivity index (χ3n) is 4.42. The lowest BCUT2D eigenvalue weighted by molar-refractivity contribution is -0.188. The first-order valence-electron chi connectivity index (χ1n) is 9.12. The van der Waals surface area contributed by atoms with E-state index >= 15 is 0 Å². The first-order chi connectivity index (χ1) is 11.5. The number of hydrogen-bond acceptors (Lipinski definition) is 6. The zero-order valence-electron chi connectivity index (χ0n) is 15.8. The number of nitrogens with zero attached hydrogens (tertiary/aromatic N) is 1. The Morgan fingerprint density at radius 3 is 2.08 bits per heavy atom. The van der Waals surface area contributed by atoms with E-state index in [1.807, 2.05) is 0 Å². The number of methoxy groups -OCH3 is 1. The second-order valence-electron chi connectivity index (χ2n) is 7.73. The van der Waals surface area contributed by atoms with Crippen molar-refractivity contribution in [2.45, 2.75) is 32.5 Å². The predicted molar refractivity (Wildman–Crippen MR) is 92.4 cm³/mol. The van der Waals surface area contributed by atoms with E-state index in [1.54, 1.807) is 7.11 Å². The summed E-state index contributed by atoms with van der Waals surface area (Å²) in [5.41, 5.74) is -0.0907. The number of fused-ring (bicyclic) bond motifs is 2. The molecule has 2 unspecified atom stereocenters. The molecule has 0 N–H and O–H groups in total. The fourth-order valence-corrected chi connectivity index (χ4v) is 3.44. The Kier molecular flexibility index (Phi) is 8.40. The van der Waals surface area contributed by atoms with Crippen LogP contribution in [-0.4, -0.2) is 89.6 Å². The van der Waals surface area contributed by atoms with Gasteiger partial charge in [-0.2, -0.15) is 0 Å². The molecule has 2 saturated heterocycles. The first kappa shape index (κ1) is 20.1. The van der Waals surface area contributed by atoms with E-state index in [2.05, 4.69) is 25.7 Å². The first-order valence-corrected chi connectivity index (χ1v) is 9.12. The molecule has 2 atom stereocenters. The second kappa shape index (κ2) is 10.0. The molecule has 0 saturated carbocycles. The fraction of sp³-hybridized carbons (Fsp3) is 1.00. The van der Waals surface area contributed by atoms with Crippen LogP contribution in [0, 0.1) is 11.8 Å². The number of ether oxygens (including phenoxy) is 5. The van der Waals surface area contributed by atoms with Gasteiger partial charge in [0.2, 0.25) is 0 Å². The van der Waals surface area contributed by atoms with Gasteiger partial charge in [-0.1, -0.05) is 0 Å². The highest BCUT2D eigenvalue weighted by atomic mass is 16.5. The molecule has 2 heterocycles. The summed E-state index contributed by atoms with van der Waals surface area (Å²) in [6.07, 6.45) is 0.324. The molecule has 0 aliphatic carbocycles. The van der Waals surface area contributed by atoms with Gasteiger partial charge < -0.3 is 28.6 Å². The molecule has 6 nitrogen and oxygen atoms in total. The Labute approximate surface area is 146 Å². The third kappa shape index (κ3) is 6.94. The molecule has 0 aromatic heterocycles. The molecule has 0 aromatic carbocycles. The van der Waals surface area contributed by atoms with Crippen LogP contribution in [0.2, 0.25) is 0 Å². The van der Waals surface area contributed by atoms with Crippen LogP contribution < -0.4 is 0 Å². The molecule has 142 valence electrons. The molecule has 0 aromatic rings. The van der Waals surface area contributed by atoms with E-state index in [4.69, 9.17) is 23.7 Å². The van der Waals surface area contributed by atoms with Crippen molar-refractivity contribution in [3.63, 3.8) is 0 Å². The maximum Gasteiger partial charge on any atom is 0.0707 e. The van der Waals surface area contributed by atoms with Crippen LogP contribution in [-0.2, 0) is 23.7 Å². The van der Waals surface area contributed by atoms with Crippen LogP contribution in [0.25, 0.3) is 0 Å². The lowest BCUT2D eigenvalue weighted by Crippen LogP contribution is -2.58. The van der Waals surface area contributed by atoms with Gasteiger partial charge >= 0.3 is 0 Å². The SMILES string of the molecule is COCCOCCOCCN1CC2COCC(C1)C2OC(C)(C)C. The van der Waals surface area contributed by atoms with Gasteiger partial charge in [0.25, 0.3) is 0 Å². The van der Waals surface area contributed by atoms with Crippen LogP contribution in [0.3, 0.4) is 0 Å². The molecule has 2 aliphatic rings. The summed E-state index contributed by atoms with van der Waals surface area (Å²) in [7, 11) is 1.68. The number of hydrogen-bond donors (Lipinski definition) is 0. The summed E-state index contributed by atoms with van der Waals surface area (Å²) < 4.78 is 28.1. The number of piperidine rings is 1. The van der Waals surface area contributed by atoms with Crippen molar-refractivity contribution in [2.75, 3.05) is 73.0 Å². The van der Waals surface area contributed by atoms with Gasteiger partial charge in [0, 0.05) is 38.6 Å². The molecular weight excluding hydrogens is 310 g/mol. The summed E-state index contributed by atoms with van der Waals surface area (Å²) in [5.74, 6) is 0.934. The molecule has 0 amide bonds. The minimum Gasteiger partial charge on any atom is -0.382 e. The zero-order chi connectivity index (χ0) is 17.4. The van der Waals surface area contributed by atoms with Gasteiger partial charge in [-0.25, -0.2) is 0 Å². The molecule has 2 bridgehead atoms. The van der Waals surface area contributed by atoms with Crippen molar-refractivity contribution in [2.24, 2.45) is 11.8 Å². The largest absolute Gasteiger partial charge is 0.382 e. The molecule has 0 spiro atoms. The van der Waals surface area contributed by atoms with Crippen molar-refractivity contribution >= 4 is 0 Å². The Bertz CT molecular complexity index is 333. The molecule has 2 aliphatic heterocycles. The van der Waals surface area contributed by atoms with Gasteiger partial charge in [0.1, 0.15) is 0 Å². The lowest BCUT2D eigenvalue weighted by Gasteiger charge is -2.48. The Balaban J connectivity index is 1.63. The minimum atomic E-state index is -0.0907. The van der Waals surface area contributed by atoms with Gasteiger partial charge in [0.05, 0.1) is 58.0 Å². The molecule has 6 heteroatoms. The highest BCUT2D eigenvalue weighted by Gasteiger charge is 2.42. The maximum atomic E-state index is 6.32. The topological polar surface area (TPSA) is 49.4 Å². The van der Waals surface area contributed by atoms with Crippen LogP contribution in [0.4, 0.5) is 0 Å². The van der Waals surface area contributed by atoms with Gasteiger partial charge in [-0.3, -0.25) is 0 Å². The van der Waals surface area contributed by atoms with E-state index in [0.29, 0.717) is 44.4 Å². The molecule has 2 fully saturated rings. The normalized spacial score (nSPS) is 28.2. The van der Waals surface area contributed by atoms with Crippen molar-refractivity contribution in [1.82, 2.24) is 4.90 Å².